The number of hydrogen-bond donors (Lipinski definition) is 2. The largest absolute Gasteiger partial charge is 0.383 e. The highest BCUT2D eigenvalue weighted by molar-refractivity contribution is 5.75. The van der Waals surface area contributed by atoms with E-state index >= 15 is 0 Å². The first-order valence-electron chi connectivity index (χ1n) is 7.23. The Balaban J connectivity index is 1.69. The first kappa shape index (κ1) is 15.9. The highest BCUT2D eigenvalue weighted by atomic mass is 16.5. The predicted molar refractivity (Wildman–Crippen MR) is 75.6 cm³/mol. The van der Waals surface area contributed by atoms with Gasteiger partial charge in [-0.25, -0.2) is 4.68 Å². The molecule has 1 saturated heterocycles. The van der Waals surface area contributed by atoms with Crippen molar-refractivity contribution in [1.82, 2.24) is 25.6 Å². The number of carbonyl (C=O) groups is 1. The molecule has 0 bridgehead atoms. The van der Waals surface area contributed by atoms with Crippen LogP contribution < -0.4 is 10.6 Å². The Kier molecular flexibility index (Phi) is 6.58. The average molecular weight is 297 g/mol. The van der Waals surface area contributed by atoms with Crippen molar-refractivity contribution < 1.29 is 14.3 Å². The van der Waals surface area contributed by atoms with Crippen molar-refractivity contribution in [1.29, 1.82) is 0 Å². The summed E-state index contributed by atoms with van der Waals surface area (Å²) in [4.78, 5) is 11.9. The van der Waals surface area contributed by atoms with Crippen molar-refractivity contribution in [3.05, 3.63) is 11.9 Å². The lowest BCUT2D eigenvalue weighted by atomic mass is 10.1. The predicted octanol–water partition coefficient (Wildman–Crippen LogP) is -0.691. The van der Waals surface area contributed by atoms with E-state index in [-0.39, 0.29) is 18.5 Å². The summed E-state index contributed by atoms with van der Waals surface area (Å²) < 4.78 is 11.8. The molecule has 2 N–H and O–H groups in total. The van der Waals surface area contributed by atoms with Crippen molar-refractivity contribution >= 4 is 5.91 Å². The third-order valence-corrected chi connectivity index (χ3v) is 3.27. The monoisotopic (exact) mass is 297 g/mol. The zero-order valence-corrected chi connectivity index (χ0v) is 12.4. The van der Waals surface area contributed by atoms with E-state index in [4.69, 9.17) is 9.47 Å². The normalized spacial score (nSPS) is 16.0. The second-order valence-electron chi connectivity index (χ2n) is 5.03. The van der Waals surface area contributed by atoms with Crippen molar-refractivity contribution in [3.63, 3.8) is 0 Å². The SMILES string of the molecule is COCCNCc1cn(CC(=O)NC2CCOCC2)nn1. The maximum Gasteiger partial charge on any atom is 0.242 e. The molecule has 0 aliphatic carbocycles. The molecule has 8 heteroatoms. The smallest absolute Gasteiger partial charge is 0.242 e. The average Bonchev–Trinajstić information content (AvgIpc) is 2.92. The molecule has 0 spiro atoms. The second kappa shape index (κ2) is 8.71. The Morgan fingerprint density at radius 2 is 2.33 bits per heavy atom. The minimum Gasteiger partial charge on any atom is -0.383 e. The molecule has 0 aromatic carbocycles. The number of hydrogen-bond acceptors (Lipinski definition) is 6. The molecule has 0 unspecified atom stereocenters. The maximum atomic E-state index is 11.9. The fraction of sp³-hybridized carbons (Fsp3) is 0.769. The number of rotatable bonds is 8. The molecule has 1 aliphatic rings. The molecule has 118 valence electrons. The van der Waals surface area contributed by atoms with Crippen LogP contribution in [-0.4, -0.2) is 60.4 Å². The molecule has 21 heavy (non-hydrogen) atoms. The van der Waals surface area contributed by atoms with Gasteiger partial charge in [0.1, 0.15) is 6.54 Å². The number of amides is 1. The lowest BCUT2D eigenvalue weighted by molar-refractivity contribution is -0.123. The minimum absolute atomic E-state index is 0.0364. The summed E-state index contributed by atoms with van der Waals surface area (Å²) in [6, 6.07) is 0.213. The fourth-order valence-electron chi connectivity index (χ4n) is 2.15. The molecule has 0 radical (unpaired) electrons. The van der Waals surface area contributed by atoms with Gasteiger partial charge in [0.2, 0.25) is 5.91 Å². The van der Waals surface area contributed by atoms with Crippen LogP contribution >= 0.6 is 0 Å². The molecular formula is C13H23N5O3. The number of ether oxygens (including phenoxy) is 2. The summed E-state index contributed by atoms with van der Waals surface area (Å²) in [5.41, 5.74) is 0.810. The molecule has 1 aromatic rings. The van der Waals surface area contributed by atoms with Crippen LogP contribution in [0, 0.1) is 0 Å². The molecule has 1 fully saturated rings. The van der Waals surface area contributed by atoms with Gasteiger partial charge in [-0.1, -0.05) is 5.21 Å². The molecule has 2 heterocycles. The van der Waals surface area contributed by atoms with Gasteiger partial charge >= 0.3 is 0 Å². The molecular weight excluding hydrogens is 274 g/mol. The van der Waals surface area contributed by atoms with Crippen molar-refractivity contribution in [2.45, 2.75) is 32.0 Å². The molecule has 1 aliphatic heterocycles. The van der Waals surface area contributed by atoms with Gasteiger partial charge in [-0.05, 0) is 12.8 Å². The first-order chi connectivity index (χ1) is 10.3. The molecule has 1 aromatic heterocycles. The summed E-state index contributed by atoms with van der Waals surface area (Å²) in [6.45, 7) is 3.65. The van der Waals surface area contributed by atoms with Crippen LogP contribution in [0.2, 0.25) is 0 Å². The Morgan fingerprint density at radius 3 is 3.10 bits per heavy atom. The van der Waals surface area contributed by atoms with E-state index in [1.165, 1.54) is 0 Å². The van der Waals surface area contributed by atoms with Crippen molar-refractivity contribution in [2.24, 2.45) is 0 Å². The molecule has 2 rings (SSSR count). The van der Waals surface area contributed by atoms with Gasteiger partial charge in [0.15, 0.2) is 0 Å². The first-order valence-corrected chi connectivity index (χ1v) is 7.23. The van der Waals surface area contributed by atoms with E-state index in [0.29, 0.717) is 26.4 Å². The van der Waals surface area contributed by atoms with Crippen LogP contribution in [0.15, 0.2) is 6.20 Å². The Hall–Kier alpha value is -1.51. The Labute approximate surface area is 124 Å². The number of nitrogens with one attached hydrogen (secondary N) is 2. The molecule has 0 saturated carbocycles. The van der Waals surface area contributed by atoms with Crippen LogP contribution in [0.4, 0.5) is 0 Å². The van der Waals surface area contributed by atoms with E-state index in [2.05, 4.69) is 20.9 Å². The van der Waals surface area contributed by atoms with Crippen LogP contribution in [0.25, 0.3) is 0 Å². The lowest BCUT2D eigenvalue weighted by Gasteiger charge is -2.22. The summed E-state index contributed by atoms with van der Waals surface area (Å²) in [5, 5.41) is 14.2. The topological polar surface area (TPSA) is 90.3 Å². The summed E-state index contributed by atoms with van der Waals surface area (Å²) in [6.07, 6.45) is 3.53. The van der Waals surface area contributed by atoms with Gasteiger partial charge in [-0.15, -0.1) is 5.10 Å². The van der Waals surface area contributed by atoms with E-state index in [1.807, 2.05) is 0 Å². The second-order valence-corrected chi connectivity index (χ2v) is 5.03. The van der Waals surface area contributed by atoms with Crippen LogP contribution in [0.5, 0.6) is 0 Å². The highest BCUT2D eigenvalue weighted by Gasteiger charge is 2.16. The highest BCUT2D eigenvalue weighted by Crippen LogP contribution is 2.06. The van der Waals surface area contributed by atoms with Crippen molar-refractivity contribution in [2.75, 3.05) is 33.5 Å². The van der Waals surface area contributed by atoms with Gasteiger partial charge in [-0.2, -0.15) is 0 Å². The van der Waals surface area contributed by atoms with E-state index < -0.39 is 0 Å². The van der Waals surface area contributed by atoms with E-state index in [1.54, 1.807) is 18.0 Å². The van der Waals surface area contributed by atoms with Gasteiger partial charge in [0.25, 0.3) is 0 Å². The van der Waals surface area contributed by atoms with Crippen molar-refractivity contribution in [3.8, 4) is 0 Å². The summed E-state index contributed by atoms with van der Waals surface area (Å²) >= 11 is 0. The number of methoxy groups -OCH3 is 1. The maximum absolute atomic E-state index is 11.9. The Morgan fingerprint density at radius 1 is 1.52 bits per heavy atom. The molecule has 1 amide bonds. The zero-order valence-electron chi connectivity index (χ0n) is 12.4. The van der Waals surface area contributed by atoms with E-state index in [0.717, 1.165) is 25.1 Å². The summed E-state index contributed by atoms with van der Waals surface area (Å²) in [5.74, 6) is -0.0364. The molecule has 0 atom stereocenters. The zero-order chi connectivity index (χ0) is 14.9. The van der Waals surface area contributed by atoms with Crippen LogP contribution in [-0.2, 0) is 27.4 Å². The number of aromatic nitrogens is 3. The third-order valence-electron chi connectivity index (χ3n) is 3.27. The van der Waals surface area contributed by atoms with Gasteiger partial charge in [0.05, 0.1) is 18.5 Å². The van der Waals surface area contributed by atoms with E-state index in [9.17, 15) is 4.79 Å². The Bertz CT molecular complexity index is 431. The van der Waals surface area contributed by atoms with Crippen LogP contribution in [0.1, 0.15) is 18.5 Å². The standard InChI is InChI=1S/C13H23N5O3/c1-20-7-4-14-8-12-9-18(17-16-12)10-13(19)15-11-2-5-21-6-3-11/h9,11,14H,2-8,10H2,1H3,(H,15,19). The minimum atomic E-state index is -0.0364. The van der Waals surface area contributed by atoms with Crippen LogP contribution in [0.3, 0.4) is 0 Å². The third kappa shape index (κ3) is 5.78. The van der Waals surface area contributed by atoms with Gasteiger partial charge in [0, 0.05) is 39.5 Å². The fourth-order valence-corrected chi connectivity index (χ4v) is 2.15. The summed E-state index contributed by atoms with van der Waals surface area (Å²) in [7, 11) is 1.66. The van der Waals surface area contributed by atoms with Gasteiger partial charge in [-0.3, -0.25) is 4.79 Å². The quantitative estimate of drug-likeness (QED) is 0.617. The lowest BCUT2D eigenvalue weighted by Crippen LogP contribution is -2.40. The van der Waals surface area contributed by atoms with Gasteiger partial charge < -0.3 is 20.1 Å². The molecule has 8 nitrogen and oxygen atoms in total. The number of nitrogens with zero attached hydrogens (tertiary/aromatic N) is 3. The number of carbonyl (C=O) groups excluding carboxylic acids is 1.